The highest BCUT2D eigenvalue weighted by atomic mass is 32.2. The molecule has 3 heterocycles. The van der Waals surface area contributed by atoms with E-state index in [1.807, 2.05) is 30.3 Å². The number of halogens is 1. The van der Waals surface area contributed by atoms with E-state index in [9.17, 15) is 14.3 Å². The van der Waals surface area contributed by atoms with Crippen LogP contribution in [0.5, 0.6) is 11.6 Å². The third-order valence-corrected chi connectivity index (χ3v) is 8.69. The predicted octanol–water partition coefficient (Wildman–Crippen LogP) is 8.42. The molecule has 0 saturated heterocycles. The zero-order valence-electron chi connectivity index (χ0n) is 26.4. The highest BCUT2D eigenvalue weighted by Gasteiger charge is 2.33. The van der Waals surface area contributed by atoms with Crippen molar-refractivity contribution in [2.75, 3.05) is 7.11 Å². The van der Waals surface area contributed by atoms with Crippen molar-refractivity contribution in [3.05, 3.63) is 102 Å². The van der Waals surface area contributed by atoms with Gasteiger partial charge in [-0.15, -0.1) is 11.8 Å². The van der Waals surface area contributed by atoms with Gasteiger partial charge in [-0.1, -0.05) is 51.1 Å². The van der Waals surface area contributed by atoms with Crippen LogP contribution in [0.15, 0.2) is 83.9 Å². The van der Waals surface area contributed by atoms with Crippen molar-refractivity contribution < 1.29 is 23.8 Å². The van der Waals surface area contributed by atoms with Crippen molar-refractivity contribution in [3.63, 3.8) is 0 Å². The molecule has 0 atom stereocenters. The van der Waals surface area contributed by atoms with Crippen LogP contribution in [0.3, 0.4) is 0 Å². The fourth-order valence-corrected chi connectivity index (χ4v) is 6.25. The molecule has 0 fully saturated rings. The molecule has 7 nitrogen and oxygen atoms in total. The number of carbonyl (C=O) groups is 1. The molecule has 234 valence electrons. The van der Waals surface area contributed by atoms with Crippen LogP contribution in [0.25, 0.3) is 22.0 Å². The average Bonchev–Trinajstić information content (AvgIpc) is 3.25. The zero-order chi connectivity index (χ0) is 32.4. The van der Waals surface area contributed by atoms with Crippen molar-refractivity contribution in [2.45, 2.75) is 63.8 Å². The third kappa shape index (κ3) is 7.65. The molecule has 45 heavy (non-hydrogen) atoms. The molecule has 0 unspecified atom stereocenters. The summed E-state index contributed by atoms with van der Waals surface area (Å²) in [5.41, 5.74) is 4.56. The third-order valence-electron chi connectivity index (χ3n) is 7.42. The van der Waals surface area contributed by atoms with Crippen LogP contribution >= 0.6 is 11.8 Å². The molecule has 5 rings (SSSR count). The van der Waals surface area contributed by atoms with E-state index in [4.69, 9.17) is 9.47 Å². The summed E-state index contributed by atoms with van der Waals surface area (Å²) in [6.07, 6.45) is 2.13. The minimum absolute atomic E-state index is 0.126. The summed E-state index contributed by atoms with van der Waals surface area (Å²) in [7, 11) is 1.59. The van der Waals surface area contributed by atoms with Gasteiger partial charge in [-0.3, -0.25) is 4.79 Å². The number of carboxylic acids is 1. The van der Waals surface area contributed by atoms with Crippen LogP contribution in [-0.4, -0.2) is 37.5 Å². The second-order valence-electron chi connectivity index (χ2n) is 12.6. The van der Waals surface area contributed by atoms with Crippen molar-refractivity contribution in [1.29, 1.82) is 0 Å². The lowest BCUT2D eigenvalue weighted by Gasteiger charge is -2.24. The molecular formula is C36H38FN3O4S. The minimum Gasteiger partial charge on any atom is -0.487 e. The molecule has 0 aliphatic heterocycles. The van der Waals surface area contributed by atoms with Crippen LogP contribution in [-0.2, 0) is 24.4 Å². The lowest BCUT2D eigenvalue weighted by atomic mass is 9.88. The summed E-state index contributed by atoms with van der Waals surface area (Å²) in [6, 6.07) is 22.7. The van der Waals surface area contributed by atoms with Gasteiger partial charge in [-0.25, -0.2) is 9.97 Å². The monoisotopic (exact) mass is 627 g/mol. The summed E-state index contributed by atoms with van der Waals surface area (Å²) in [5, 5.41) is 11.1. The Morgan fingerprint density at radius 1 is 0.978 bits per heavy atom. The van der Waals surface area contributed by atoms with E-state index < -0.39 is 17.3 Å². The number of thioether (sulfide) groups is 1. The number of hydrogen-bond acceptors (Lipinski definition) is 6. The van der Waals surface area contributed by atoms with Crippen LogP contribution in [0.4, 0.5) is 4.39 Å². The predicted molar refractivity (Wildman–Crippen MR) is 177 cm³/mol. The van der Waals surface area contributed by atoms with Crippen LogP contribution < -0.4 is 9.47 Å². The summed E-state index contributed by atoms with van der Waals surface area (Å²) in [6.45, 7) is 10.7. The van der Waals surface area contributed by atoms with Gasteiger partial charge in [0.25, 0.3) is 0 Å². The van der Waals surface area contributed by atoms with Crippen molar-refractivity contribution in [3.8, 4) is 22.8 Å². The summed E-state index contributed by atoms with van der Waals surface area (Å²) < 4.78 is 27.0. The number of nitrogens with zero attached hydrogens (tertiary/aromatic N) is 3. The van der Waals surface area contributed by atoms with E-state index in [1.54, 1.807) is 51.0 Å². The Morgan fingerprint density at radius 3 is 2.33 bits per heavy atom. The van der Waals surface area contributed by atoms with Crippen molar-refractivity contribution in [2.24, 2.45) is 5.41 Å². The topological polar surface area (TPSA) is 86.5 Å². The Bertz CT molecular complexity index is 1810. The molecule has 0 amide bonds. The lowest BCUT2D eigenvalue weighted by molar-refractivity contribution is -0.146. The van der Waals surface area contributed by atoms with E-state index in [-0.39, 0.29) is 11.4 Å². The van der Waals surface area contributed by atoms with Gasteiger partial charge in [-0.05, 0) is 61.4 Å². The smallest absolute Gasteiger partial charge is 0.309 e. The molecule has 0 aliphatic carbocycles. The molecule has 0 radical (unpaired) electrons. The molecule has 0 aliphatic rings. The number of carboxylic acid groups (broad SMARTS) is 1. The summed E-state index contributed by atoms with van der Waals surface area (Å²) in [4.78, 5) is 21.6. The van der Waals surface area contributed by atoms with Gasteiger partial charge in [0.15, 0.2) is 0 Å². The zero-order valence-corrected chi connectivity index (χ0v) is 27.2. The number of fused-ring (bicyclic) bond motifs is 1. The Kier molecular flexibility index (Phi) is 9.20. The number of benzene rings is 2. The van der Waals surface area contributed by atoms with Gasteiger partial charge in [0.2, 0.25) is 11.8 Å². The first-order chi connectivity index (χ1) is 21.3. The molecule has 5 aromatic rings. The number of aliphatic carboxylic acids is 1. The second-order valence-corrected chi connectivity index (χ2v) is 14.5. The number of pyridine rings is 2. The Labute approximate surface area is 267 Å². The largest absolute Gasteiger partial charge is 0.487 e. The maximum atomic E-state index is 13.6. The molecule has 3 aromatic heterocycles. The first-order valence-corrected chi connectivity index (χ1v) is 15.6. The highest BCUT2D eigenvalue weighted by Crippen LogP contribution is 2.44. The van der Waals surface area contributed by atoms with E-state index in [1.165, 1.54) is 6.07 Å². The van der Waals surface area contributed by atoms with E-state index in [0.29, 0.717) is 30.3 Å². The second kappa shape index (κ2) is 12.9. The quantitative estimate of drug-likeness (QED) is 0.116. The van der Waals surface area contributed by atoms with Crippen LogP contribution in [0.1, 0.15) is 51.6 Å². The van der Waals surface area contributed by atoms with Gasteiger partial charge in [0.05, 0.1) is 18.2 Å². The molecule has 0 spiro atoms. The fourth-order valence-electron chi connectivity index (χ4n) is 5.06. The Morgan fingerprint density at radius 2 is 1.71 bits per heavy atom. The van der Waals surface area contributed by atoms with E-state index in [0.717, 1.165) is 38.2 Å². The van der Waals surface area contributed by atoms with Crippen LogP contribution in [0.2, 0.25) is 0 Å². The highest BCUT2D eigenvalue weighted by molar-refractivity contribution is 8.00. The van der Waals surface area contributed by atoms with Crippen LogP contribution in [0, 0.1) is 11.4 Å². The Balaban J connectivity index is 1.57. The molecule has 2 aromatic carbocycles. The molecule has 1 N–H and O–H groups in total. The normalized spacial score (nSPS) is 12.0. The summed E-state index contributed by atoms with van der Waals surface area (Å²) in [5.74, 6) is -0.209. The standard InChI is InChI=1S/C36H38FN3O4S/c1-35(2,3)45-33-28-18-27(44-22-26-8-7-9-31(37)39-26)15-16-29(28)40(30(33)19-36(4,5)34(41)42)21-23-10-12-24(13-11-23)25-14-17-32(43-6)38-20-25/h7-18,20H,19,21-22H2,1-6H3,(H,41,42). The number of hydrogen-bond donors (Lipinski definition) is 1. The van der Waals surface area contributed by atoms with Crippen molar-refractivity contribution in [1.82, 2.24) is 14.5 Å². The molecule has 9 heteroatoms. The van der Waals surface area contributed by atoms with E-state index in [2.05, 4.69) is 59.6 Å². The number of rotatable bonds is 11. The molecular weight excluding hydrogens is 589 g/mol. The van der Waals surface area contributed by atoms with Crippen molar-refractivity contribution >= 4 is 28.6 Å². The van der Waals surface area contributed by atoms with Gasteiger partial charge in [-0.2, -0.15) is 4.39 Å². The lowest BCUT2D eigenvalue weighted by Crippen LogP contribution is -2.28. The van der Waals surface area contributed by atoms with Gasteiger partial charge in [0, 0.05) is 57.0 Å². The Hall–Kier alpha value is -4.37. The first-order valence-electron chi connectivity index (χ1n) is 14.7. The average molecular weight is 628 g/mol. The van der Waals surface area contributed by atoms with Gasteiger partial charge in [0.1, 0.15) is 12.4 Å². The SMILES string of the molecule is COc1ccc(-c2ccc(Cn3c(CC(C)(C)C(=O)O)c(SC(C)(C)C)c4cc(OCc5cccc(F)n5)ccc43)cc2)cn1. The number of aromatic nitrogens is 3. The first kappa shape index (κ1) is 32.0. The molecule has 0 bridgehead atoms. The minimum atomic E-state index is -0.993. The van der Waals surface area contributed by atoms with Gasteiger partial charge >= 0.3 is 5.97 Å². The van der Waals surface area contributed by atoms with E-state index >= 15 is 0 Å². The summed E-state index contributed by atoms with van der Waals surface area (Å²) >= 11 is 1.72. The van der Waals surface area contributed by atoms with Gasteiger partial charge < -0.3 is 19.1 Å². The maximum Gasteiger partial charge on any atom is 0.309 e. The maximum absolute atomic E-state index is 13.6. The molecule has 0 saturated carbocycles. The fraction of sp³-hybridized carbons (Fsp3) is 0.306. The number of ether oxygens (including phenoxy) is 2. The number of methoxy groups -OCH3 is 1.